The van der Waals surface area contributed by atoms with E-state index in [4.69, 9.17) is 5.73 Å². The minimum atomic E-state index is 0.161. The van der Waals surface area contributed by atoms with Crippen molar-refractivity contribution < 1.29 is 4.79 Å². The quantitative estimate of drug-likeness (QED) is 0.703. The minimum Gasteiger partial charge on any atom is -0.343 e. The molecule has 2 N–H and O–H groups in total. The lowest BCUT2D eigenvalue weighted by atomic mass is 10.1. The molecule has 2 atom stereocenters. The number of likely N-dealkylation sites (tertiary alicyclic amines) is 1. The summed E-state index contributed by atoms with van der Waals surface area (Å²) in [6.45, 7) is 9.54. The first-order chi connectivity index (χ1) is 9.51. The zero-order chi connectivity index (χ0) is 15.1. The van der Waals surface area contributed by atoms with Crippen LogP contribution in [0.25, 0.3) is 0 Å². The fraction of sp³-hybridized carbons (Fsp3) is 0.933. The van der Waals surface area contributed by atoms with E-state index >= 15 is 0 Å². The topological polar surface area (TPSA) is 52.8 Å². The van der Waals surface area contributed by atoms with E-state index in [1.54, 1.807) is 0 Å². The Morgan fingerprint density at radius 1 is 1.40 bits per heavy atom. The molecule has 1 aliphatic rings. The van der Waals surface area contributed by atoms with Crippen LogP contribution in [0.1, 0.15) is 26.7 Å². The summed E-state index contributed by atoms with van der Waals surface area (Å²) in [6, 6.07) is 0.161. The standard InChI is InChI=1S/C15H32N4O/c1-5-19(6-2)15(20)9-14(10-16)18(4)12-13-7-8-17(3)11-13/h13-14H,5-12,16H2,1-4H3. The van der Waals surface area contributed by atoms with Gasteiger partial charge in [0, 0.05) is 45.2 Å². The minimum absolute atomic E-state index is 0.161. The molecule has 0 saturated carbocycles. The fourth-order valence-electron chi connectivity index (χ4n) is 3.06. The van der Waals surface area contributed by atoms with Crippen molar-refractivity contribution in [2.24, 2.45) is 11.7 Å². The van der Waals surface area contributed by atoms with E-state index in [0.29, 0.717) is 18.9 Å². The van der Waals surface area contributed by atoms with Crippen molar-refractivity contribution in [3.05, 3.63) is 0 Å². The molecular formula is C15H32N4O. The van der Waals surface area contributed by atoms with E-state index in [0.717, 1.165) is 26.2 Å². The number of carbonyl (C=O) groups is 1. The summed E-state index contributed by atoms with van der Waals surface area (Å²) in [5.74, 6) is 0.934. The molecule has 20 heavy (non-hydrogen) atoms. The van der Waals surface area contributed by atoms with E-state index in [2.05, 4.69) is 23.9 Å². The molecule has 1 saturated heterocycles. The van der Waals surface area contributed by atoms with E-state index in [9.17, 15) is 4.79 Å². The van der Waals surface area contributed by atoms with E-state index in [1.807, 2.05) is 18.7 Å². The third-order valence-electron chi connectivity index (χ3n) is 4.46. The first-order valence-electron chi connectivity index (χ1n) is 7.88. The van der Waals surface area contributed by atoms with Crippen molar-refractivity contribution in [2.45, 2.75) is 32.7 Å². The van der Waals surface area contributed by atoms with Crippen LogP contribution in [0.4, 0.5) is 0 Å². The molecule has 1 amide bonds. The Balaban J connectivity index is 2.46. The summed E-state index contributed by atoms with van der Waals surface area (Å²) in [6.07, 6.45) is 1.79. The van der Waals surface area contributed by atoms with Gasteiger partial charge in [0.25, 0.3) is 0 Å². The maximum atomic E-state index is 12.2. The Morgan fingerprint density at radius 3 is 2.50 bits per heavy atom. The van der Waals surface area contributed by atoms with Gasteiger partial charge in [0.1, 0.15) is 0 Å². The fourth-order valence-corrected chi connectivity index (χ4v) is 3.06. The highest BCUT2D eigenvalue weighted by atomic mass is 16.2. The summed E-state index contributed by atoms with van der Waals surface area (Å²) in [5, 5.41) is 0. The Hall–Kier alpha value is -0.650. The Bertz CT molecular complexity index is 294. The van der Waals surface area contributed by atoms with Crippen LogP contribution in [0.5, 0.6) is 0 Å². The van der Waals surface area contributed by atoms with Gasteiger partial charge in [-0.25, -0.2) is 0 Å². The number of rotatable bonds is 8. The monoisotopic (exact) mass is 284 g/mol. The summed E-state index contributed by atoms with van der Waals surface area (Å²) in [5.41, 5.74) is 5.88. The molecule has 0 aliphatic carbocycles. The maximum Gasteiger partial charge on any atom is 0.224 e. The lowest BCUT2D eigenvalue weighted by molar-refractivity contribution is -0.132. The number of hydrogen-bond donors (Lipinski definition) is 1. The lowest BCUT2D eigenvalue weighted by Crippen LogP contribution is -2.44. The molecule has 0 aromatic heterocycles. The summed E-state index contributed by atoms with van der Waals surface area (Å²) in [7, 11) is 4.27. The largest absolute Gasteiger partial charge is 0.343 e. The lowest BCUT2D eigenvalue weighted by Gasteiger charge is -2.30. The SMILES string of the molecule is CCN(CC)C(=O)CC(CN)N(C)CC1CCN(C)C1. The van der Waals surface area contributed by atoms with Gasteiger partial charge in [-0.1, -0.05) is 0 Å². The average Bonchev–Trinajstić information content (AvgIpc) is 2.82. The zero-order valence-electron chi connectivity index (χ0n) is 13.6. The highest BCUT2D eigenvalue weighted by molar-refractivity contribution is 5.76. The van der Waals surface area contributed by atoms with E-state index < -0.39 is 0 Å². The van der Waals surface area contributed by atoms with Gasteiger partial charge < -0.3 is 20.4 Å². The normalized spacial score (nSPS) is 21.4. The highest BCUT2D eigenvalue weighted by Gasteiger charge is 2.25. The molecule has 0 radical (unpaired) electrons. The van der Waals surface area contributed by atoms with Gasteiger partial charge in [-0.05, 0) is 46.8 Å². The molecule has 1 aliphatic heterocycles. The highest BCUT2D eigenvalue weighted by Crippen LogP contribution is 2.17. The van der Waals surface area contributed by atoms with Gasteiger partial charge in [0.05, 0.1) is 0 Å². The van der Waals surface area contributed by atoms with Crippen molar-refractivity contribution in [3.8, 4) is 0 Å². The molecule has 118 valence electrons. The molecule has 0 spiro atoms. The van der Waals surface area contributed by atoms with Crippen LogP contribution in [0.2, 0.25) is 0 Å². The first kappa shape index (κ1) is 17.4. The molecule has 1 rings (SSSR count). The Labute approximate surface area is 124 Å². The molecular weight excluding hydrogens is 252 g/mol. The number of hydrogen-bond acceptors (Lipinski definition) is 4. The number of nitrogens with two attached hydrogens (primary N) is 1. The average molecular weight is 284 g/mol. The van der Waals surface area contributed by atoms with Crippen molar-refractivity contribution in [2.75, 3.05) is 53.4 Å². The van der Waals surface area contributed by atoms with Gasteiger partial charge in [-0.3, -0.25) is 4.79 Å². The second-order valence-electron chi connectivity index (χ2n) is 6.02. The van der Waals surface area contributed by atoms with Crippen molar-refractivity contribution >= 4 is 5.91 Å². The summed E-state index contributed by atoms with van der Waals surface area (Å²) in [4.78, 5) is 18.7. The van der Waals surface area contributed by atoms with Crippen molar-refractivity contribution in [1.82, 2.24) is 14.7 Å². The van der Waals surface area contributed by atoms with Crippen molar-refractivity contribution in [1.29, 1.82) is 0 Å². The molecule has 1 fully saturated rings. The third-order valence-corrected chi connectivity index (χ3v) is 4.46. The molecule has 5 nitrogen and oxygen atoms in total. The molecule has 2 unspecified atom stereocenters. The number of amides is 1. The number of likely N-dealkylation sites (N-methyl/N-ethyl adjacent to an activating group) is 1. The molecule has 0 aromatic rings. The molecule has 5 heteroatoms. The smallest absolute Gasteiger partial charge is 0.224 e. The van der Waals surface area contributed by atoms with Crippen LogP contribution in [0.15, 0.2) is 0 Å². The number of carbonyl (C=O) groups excluding carboxylic acids is 1. The van der Waals surface area contributed by atoms with Crippen LogP contribution in [-0.4, -0.2) is 80.0 Å². The Kier molecular flexibility index (Phi) is 7.48. The maximum absolute atomic E-state index is 12.2. The van der Waals surface area contributed by atoms with Crippen LogP contribution >= 0.6 is 0 Å². The molecule has 0 aromatic carbocycles. The van der Waals surface area contributed by atoms with Gasteiger partial charge in [-0.15, -0.1) is 0 Å². The van der Waals surface area contributed by atoms with E-state index in [-0.39, 0.29) is 11.9 Å². The van der Waals surface area contributed by atoms with Crippen LogP contribution in [0.3, 0.4) is 0 Å². The van der Waals surface area contributed by atoms with Gasteiger partial charge in [0.15, 0.2) is 0 Å². The number of nitrogens with zero attached hydrogens (tertiary/aromatic N) is 3. The second kappa shape index (κ2) is 8.60. The van der Waals surface area contributed by atoms with Gasteiger partial charge >= 0.3 is 0 Å². The van der Waals surface area contributed by atoms with Crippen LogP contribution in [0, 0.1) is 5.92 Å². The Morgan fingerprint density at radius 2 is 2.05 bits per heavy atom. The predicted molar refractivity (Wildman–Crippen MR) is 83.6 cm³/mol. The summed E-state index contributed by atoms with van der Waals surface area (Å²) < 4.78 is 0. The molecule has 1 heterocycles. The van der Waals surface area contributed by atoms with E-state index in [1.165, 1.54) is 13.0 Å². The van der Waals surface area contributed by atoms with Crippen LogP contribution < -0.4 is 5.73 Å². The predicted octanol–water partition coefficient (Wildman–Crippen LogP) is 0.456. The van der Waals surface area contributed by atoms with Gasteiger partial charge in [0.2, 0.25) is 5.91 Å². The van der Waals surface area contributed by atoms with Crippen LogP contribution in [-0.2, 0) is 4.79 Å². The first-order valence-corrected chi connectivity index (χ1v) is 7.88. The summed E-state index contributed by atoms with van der Waals surface area (Å²) >= 11 is 0. The third kappa shape index (κ3) is 5.04. The second-order valence-corrected chi connectivity index (χ2v) is 6.02. The van der Waals surface area contributed by atoms with Gasteiger partial charge in [-0.2, -0.15) is 0 Å². The molecule has 0 bridgehead atoms. The van der Waals surface area contributed by atoms with Crippen molar-refractivity contribution in [3.63, 3.8) is 0 Å². The zero-order valence-corrected chi connectivity index (χ0v) is 13.6.